The van der Waals surface area contributed by atoms with Gasteiger partial charge in [0.1, 0.15) is 11.9 Å². The predicted octanol–water partition coefficient (Wildman–Crippen LogP) is 1.08. The molecule has 1 amide bonds. The highest BCUT2D eigenvalue weighted by Gasteiger charge is 2.68. The summed E-state index contributed by atoms with van der Waals surface area (Å²) in [5, 5.41) is 6.11. The van der Waals surface area contributed by atoms with Gasteiger partial charge in [-0.3, -0.25) is 14.4 Å². The Labute approximate surface area is 150 Å². The number of aryl methyl sites for hydroxylation is 1. The average molecular weight is 446 g/mol. The normalized spacial score (nSPS) is 35.8. The summed E-state index contributed by atoms with van der Waals surface area (Å²) in [7, 11) is 0. The molecule has 2 bridgehead atoms. The molecule has 0 spiro atoms. The van der Waals surface area contributed by atoms with Crippen molar-refractivity contribution in [2.75, 3.05) is 11.9 Å². The van der Waals surface area contributed by atoms with Crippen molar-refractivity contribution >= 4 is 46.3 Å². The Morgan fingerprint density at radius 2 is 2.25 bits per heavy atom. The number of nitrogens with one attached hydrogen (secondary N) is 1. The van der Waals surface area contributed by atoms with Gasteiger partial charge < -0.3 is 19.3 Å². The smallest absolute Gasteiger partial charge is 0.310 e. The van der Waals surface area contributed by atoms with Crippen molar-refractivity contribution in [3.05, 3.63) is 11.8 Å². The molecule has 24 heavy (non-hydrogen) atoms. The number of hydrogen-bond donors (Lipinski definition) is 1. The number of rotatable bonds is 4. The van der Waals surface area contributed by atoms with E-state index in [4.69, 9.17) is 14.0 Å². The van der Waals surface area contributed by atoms with E-state index in [-0.39, 0.29) is 33.7 Å². The molecule has 9 heteroatoms. The number of amides is 1. The molecule has 4 rings (SSSR count). The van der Waals surface area contributed by atoms with Crippen LogP contribution in [0.2, 0.25) is 0 Å². The average Bonchev–Trinajstić information content (AvgIpc) is 3.24. The second-order valence-corrected chi connectivity index (χ2v) is 7.88. The Hall–Kier alpha value is -1.65. The summed E-state index contributed by atoms with van der Waals surface area (Å²) in [6, 6.07) is 1.56. The van der Waals surface area contributed by atoms with E-state index in [2.05, 4.69) is 33.1 Å². The van der Waals surface area contributed by atoms with Crippen LogP contribution in [0.3, 0.4) is 0 Å². The van der Waals surface area contributed by atoms with Gasteiger partial charge in [-0.05, 0) is 19.3 Å². The van der Waals surface area contributed by atoms with Crippen LogP contribution in [-0.4, -0.2) is 39.6 Å². The number of hydrogen-bond acceptors (Lipinski definition) is 7. The molecule has 1 aromatic heterocycles. The van der Waals surface area contributed by atoms with E-state index in [1.807, 2.05) is 0 Å². The van der Waals surface area contributed by atoms with E-state index < -0.39 is 30.3 Å². The SMILES string of the molecule is Cc1cc(NC(=O)COC(=O)[C@@H]2[C@H]3C[C@H]4[C@H](OC(=O)[C@H]42)[C@H]3I)no1. The number of aromatic nitrogens is 1. The first-order valence-electron chi connectivity index (χ1n) is 7.70. The number of carbonyl (C=O) groups excluding carboxylic acids is 3. The van der Waals surface area contributed by atoms with E-state index in [0.29, 0.717) is 5.76 Å². The Morgan fingerprint density at radius 3 is 2.96 bits per heavy atom. The third-order valence-corrected chi connectivity index (χ3v) is 6.67. The highest BCUT2D eigenvalue weighted by Crippen LogP contribution is 2.60. The molecule has 2 saturated carbocycles. The summed E-state index contributed by atoms with van der Waals surface area (Å²) >= 11 is 2.25. The predicted molar refractivity (Wildman–Crippen MR) is 87.1 cm³/mol. The number of halogens is 1. The highest BCUT2D eigenvalue weighted by molar-refractivity contribution is 14.1. The van der Waals surface area contributed by atoms with Crippen molar-refractivity contribution in [2.24, 2.45) is 23.7 Å². The molecule has 1 aromatic rings. The van der Waals surface area contributed by atoms with Crippen LogP contribution in [0.25, 0.3) is 0 Å². The number of nitrogens with zero attached hydrogens (tertiary/aromatic N) is 1. The van der Waals surface area contributed by atoms with Crippen LogP contribution < -0.4 is 5.32 Å². The molecule has 0 radical (unpaired) electrons. The number of anilines is 1. The van der Waals surface area contributed by atoms with Crippen LogP contribution in [0.5, 0.6) is 0 Å². The quantitative estimate of drug-likeness (QED) is 0.419. The molecule has 1 aliphatic heterocycles. The maximum Gasteiger partial charge on any atom is 0.310 e. The number of fused-ring (bicyclic) bond motifs is 1. The summed E-state index contributed by atoms with van der Waals surface area (Å²) in [5.41, 5.74) is 0. The van der Waals surface area contributed by atoms with Crippen LogP contribution in [0.1, 0.15) is 12.2 Å². The van der Waals surface area contributed by atoms with Gasteiger partial charge in [0, 0.05) is 12.0 Å². The van der Waals surface area contributed by atoms with Crippen molar-refractivity contribution in [2.45, 2.75) is 23.4 Å². The van der Waals surface area contributed by atoms with Crippen LogP contribution >= 0.6 is 22.6 Å². The molecule has 3 aliphatic rings. The molecule has 2 aliphatic carbocycles. The molecule has 128 valence electrons. The summed E-state index contributed by atoms with van der Waals surface area (Å²) in [5.74, 6) is -1.23. The number of esters is 2. The monoisotopic (exact) mass is 446 g/mol. The maximum atomic E-state index is 12.4. The Morgan fingerprint density at radius 1 is 1.46 bits per heavy atom. The van der Waals surface area contributed by atoms with Gasteiger partial charge in [0.15, 0.2) is 12.4 Å². The fourth-order valence-corrected chi connectivity index (χ4v) is 5.55. The standard InChI is InChI=1S/C15H15IN2O6/c1-5-2-8(18-24-5)17-9(19)4-22-14(20)10-6-3-7-11(10)15(21)23-13(7)12(6)16/h2,6-7,10-13H,3-4H2,1H3,(H,17,18,19)/t6-,7-,10-,11-,12+,13+/m1/s1. The number of carbonyl (C=O) groups is 3. The van der Waals surface area contributed by atoms with E-state index in [0.717, 1.165) is 6.42 Å². The second-order valence-electron chi connectivity index (χ2n) is 6.44. The lowest BCUT2D eigenvalue weighted by Gasteiger charge is -2.26. The second kappa shape index (κ2) is 5.71. The molecule has 3 fully saturated rings. The van der Waals surface area contributed by atoms with E-state index in [1.54, 1.807) is 13.0 Å². The lowest BCUT2D eigenvalue weighted by Crippen LogP contribution is -2.39. The van der Waals surface area contributed by atoms with Crippen LogP contribution in [0.15, 0.2) is 10.6 Å². The van der Waals surface area contributed by atoms with Crippen molar-refractivity contribution in [1.82, 2.24) is 5.16 Å². The Bertz CT molecular complexity index is 719. The fourth-order valence-electron chi connectivity index (χ4n) is 4.13. The summed E-state index contributed by atoms with van der Waals surface area (Å²) in [6.07, 6.45) is 0.731. The van der Waals surface area contributed by atoms with Crippen molar-refractivity contribution in [3.8, 4) is 0 Å². The summed E-state index contributed by atoms with van der Waals surface area (Å²) in [4.78, 5) is 36.3. The zero-order valence-electron chi connectivity index (χ0n) is 12.7. The molecule has 0 aromatic carbocycles. The zero-order chi connectivity index (χ0) is 17.0. The van der Waals surface area contributed by atoms with Crippen molar-refractivity contribution < 1.29 is 28.4 Å². The molecule has 2 heterocycles. The van der Waals surface area contributed by atoms with Gasteiger partial charge in [0.2, 0.25) is 0 Å². The topological polar surface area (TPSA) is 108 Å². The molecule has 1 saturated heterocycles. The van der Waals surface area contributed by atoms with E-state index >= 15 is 0 Å². The largest absolute Gasteiger partial charge is 0.461 e. The first-order chi connectivity index (χ1) is 11.5. The number of ether oxygens (including phenoxy) is 2. The molecular formula is C15H15IN2O6. The lowest BCUT2D eigenvalue weighted by molar-refractivity contribution is -0.157. The molecule has 8 nitrogen and oxygen atoms in total. The van der Waals surface area contributed by atoms with Gasteiger partial charge in [0.05, 0.1) is 15.8 Å². The van der Waals surface area contributed by atoms with Gasteiger partial charge in [-0.2, -0.15) is 0 Å². The van der Waals surface area contributed by atoms with Crippen LogP contribution in [-0.2, 0) is 23.9 Å². The van der Waals surface area contributed by atoms with E-state index in [1.165, 1.54) is 0 Å². The minimum atomic E-state index is -0.509. The van der Waals surface area contributed by atoms with Gasteiger partial charge in [-0.25, -0.2) is 0 Å². The number of alkyl halides is 1. The third kappa shape index (κ3) is 2.40. The minimum absolute atomic E-state index is 0.0733. The van der Waals surface area contributed by atoms with E-state index in [9.17, 15) is 14.4 Å². The zero-order valence-corrected chi connectivity index (χ0v) is 14.9. The highest BCUT2D eigenvalue weighted by atomic mass is 127. The van der Waals surface area contributed by atoms with Gasteiger partial charge in [-0.1, -0.05) is 27.7 Å². The van der Waals surface area contributed by atoms with Crippen molar-refractivity contribution in [1.29, 1.82) is 0 Å². The van der Waals surface area contributed by atoms with Gasteiger partial charge in [0.25, 0.3) is 5.91 Å². The first kappa shape index (κ1) is 15.9. The summed E-state index contributed by atoms with van der Waals surface area (Å²) in [6.45, 7) is 1.28. The molecular weight excluding hydrogens is 431 g/mol. The third-order valence-electron chi connectivity index (χ3n) is 5.04. The van der Waals surface area contributed by atoms with Crippen LogP contribution in [0, 0.1) is 30.6 Å². The molecule has 0 unspecified atom stereocenters. The Balaban J connectivity index is 1.37. The van der Waals surface area contributed by atoms with Crippen molar-refractivity contribution in [3.63, 3.8) is 0 Å². The summed E-state index contributed by atoms with van der Waals surface area (Å²) < 4.78 is 15.5. The lowest BCUT2D eigenvalue weighted by atomic mass is 9.80. The Kier molecular flexibility index (Phi) is 3.77. The maximum absolute atomic E-state index is 12.4. The van der Waals surface area contributed by atoms with Gasteiger partial charge in [-0.15, -0.1) is 0 Å². The van der Waals surface area contributed by atoms with Gasteiger partial charge >= 0.3 is 11.9 Å². The molecule has 6 atom stereocenters. The molecule has 1 N–H and O–H groups in total. The van der Waals surface area contributed by atoms with Crippen LogP contribution in [0.4, 0.5) is 5.82 Å². The fraction of sp³-hybridized carbons (Fsp3) is 0.600. The minimum Gasteiger partial charge on any atom is -0.461 e. The first-order valence-corrected chi connectivity index (χ1v) is 8.94.